The van der Waals surface area contributed by atoms with E-state index in [0.717, 1.165) is 19.4 Å². The van der Waals surface area contributed by atoms with E-state index in [-0.39, 0.29) is 30.0 Å². The van der Waals surface area contributed by atoms with Gasteiger partial charge >= 0.3 is 5.97 Å². The first kappa shape index (κ1) is 20.8. The van der Waals surface area contributed by atoms with Crippen LogP contribution in [0.4, 0.5) is 5.69 Å². The lowest BCUT2D eigenvalue weighted by Crippen LogP contribution is -2.36. The summed E-state index contributed by atoms with van der Waals surface area (Å²) in [5.41, 5.74) is 0.877. The first-order valence-corrected chi connectivity index (χ1v) is 9.07. The van der Waals surface area contributed by atoms with Crippen LogP contribution in [0.25, 0.3) is 0 Å². The van der Waals surface area contributed by atoms with E-state index in [9.17, 15) is 14.4 Å². The van der Waals surface area contributed by atoms with Gasteiger partial charge in [-0.25, -0.2) is 0 Å². The van der Waals surface area contributed by atoms with Gasteiger partial charge in [0.1, 0.15) is 0 Å². The molecule has 27 heavy (non-hydrogen) atoms. The Balaban J connectivity index is 1.88. The summed E-state index contributed by atoms with van der Waals surface area (Å²) in [6.07, 6.45) is 1.90. The highest BCUT2D eigenvalue weighted by molar-refractivity contribution is 7.80. The Morgan fingerprint density at radius 3 is 2.74 bits per heavy atom. The molecule has 1 saturated heterocycles. The van der Waals surface area contributed by atoms with Gasteiger partial charge < -0.3 is 25.4 Å². The molecule has 0 saturated carbocycles. The number of esters is 1. The third-order valence-electron chi connectivity index (χ3n) is 3.97. The maximum Gasteiger partial charge on any atom is 0.306 e. The van der Waals surface area contributed by atoms with Crippen LogP contribution in [-0.4, -0.2) is 49.3 Å². The number of carbonyl (C=O) groups is 3. The highest BCUT2D eigenvalue weighted by atomic mass is 32.1. The topological polar surface area (TPSA) is 106 Å². The maximum absolute atomic E-state index is 12.4. The Kier molecular flexibility index (Phi) is 8.15. The molecule has 0 aromatic heterocycles. The maximum atomic E-state index is 12.4. The van der Waals surface area contributed by atoms with Crippen LogP contribution in [0.1, 0.15) is 36.0 Å². The molecule has 9 heteroatoms. The predicted molar refractivity (Wildman–Crippen MR) is 103 cm³/mol. The Bertz CT molecular complexity index is 704. The van der Waals surface area contributed by atoms with Gasteiger partial charge in [0.25, 0.3) is 5.91 Å². The molecule has 8 nitrogen and oxygen atoms in total. The standard InChI is InChI=1S/C18H23N3O5S/c1-25-16(23)9-8-15(22)21-18(27)20-14-7-3-2-6-13(14)17(24)19-11-12-5-4-10-26-12/h2-3,6-7,12H,4-5,8-11H2,1H3,(H,19,24)(H2,20,21,22,27). The molecule has 1 aromatic rings. The number of hydrogen-bond donors (Lipinski definition) is 3. The van der Waals surface area contributed by atoms with Crippen molar-refractivity contribution in [1.29, 1.82) is 0 Å². The molecule has 1 heterocycles. The summed E-state index contributed by atoms with van der Waals surface area (Å²) in [5, 5.41) is 8.21. The second kappa shape index (κ2) is 10.6. The molecule has 1 unspecified atom stereocenters. The van der Waals surface area contributed by atoms with Crippen molar-refractivity contribution in [3.63, 3.8) is 0 Å². The molecule has 1 fully saturated rings. The smallest absolute Gasteiger partial charge is 0.306 e. The fourth-order valence-corrected chi connectivity index (χ4v) is 2.78. The van der Waals surface area contributed by atoms with Crippen LogP contribution in [0.15, 0.2) is 24.3 Å². The average molecular weight is 393 g/mol. The SMILES string of the molecule is COC(=O)CCC(=O)NC(=S)Nc1ccccc1C(=O)NCC1CCCO1. The van der Waals surface area contributed by atoms with Gasteiger partial charge in [-0.2, -0.15) is 0 Å². The fraction of sp³-hybridized carbons (Fsp3) is 0.444. The number of thiocarbonyl (C=S) groups is 1. The molecule has 3 N–H and O–H groups in total. The first-order chi connectivity index (χ1) is 13.0. The fourth-order valence-electron chi connectivity index (χ4n) is 2.56. The minimum Gasteiger partial charge on any atom is -0.469 e. The summed E-state index contributed by atoms with van der Waals surface area (Å²) >= 11 is 5.11. The lowest BCUT2D eigenvalue weighted by Gasteiger charge is -2.15. The summed E-state index contributed by atoms with van der Waals surface area (Å²) in [6.45, 7) is 1.17. The third-order valence-corrected chi connectivity index (χ3v) is 4.18. The first-order valence-electron chi connectivity index (χ1n) is 8.66. The van der Waals surface area contributed by atoms with Gasteiger partial charge in [-0.05, 0) is 37.2 Å². The molecule has 146 valence electrons. The minimum atomic E-state index is -0.475. The van der Waals surface area contributed by atoms with Crippen molar-refractivity contribution >= 4 is 40.8 Å². The normalized spacial score (nSPS) is 15.7. The number of methoxy groups -OCH3 is 1. The van der Waals surface area contributed by atoms with Crippen molar-refractivity contribution in [3.05, 3.63) is 29.8 Å². The zero-order valence-electron chi connectivity index (χ0n) is 15.1. The molecular formula is C18H23N3O5S. The van der Waals surface area contributed by atoms with Gasteiger partial charge in [-0.15, -0.1) is 0 Å². The molecule has 2 rings (SSSR count). The van der Waals surface area contributed by atoms with Crippen LogP contribution in [0, 0.1) is 0 Å². The molecule has 1 aliphatic rings. The number of amides is 2. The minimum absolute atomic E-state index is 0.0345. The van der Waals surface area contributed by atoms with Crippen LogP contribution in [0.5, 0.6) is 0 Å². The number of carbonyl (C=O) groups excluding carboxylic acids is 3. The molecule has 1 aliphatic heterocycles. The Labute approximate surface area is 163 Å². The summed E-state index contributed by atoms with van der Waals surface area (Å²) in [5.74, 6) is -1.15. The summed E-state index contributed by atoms with van der Waals surface area (Å²) in [7, 11) is 1.26. The van der Waals surface area contributed by atoms with Crippen molar-refractivity contribution in [3.8, 4) is 0 Å². The van der Waals surface area contributed by atoms with E-state index in [0.29, 0.717) is 17.8 Å². The van der Waals surface area contributed by atoms with Gasteiger partial charge in [0.2, 0.25) is 5.91 Å². The summed E-state index contributed by atoms with van der Waals surface area (Å²) in [4.78, 5) is 35.3. The van der Waals surface area contributed by atoms with E-state index >= 15 is 0 Å². The Morgan fingerprint density at radius 2 is 2.04 bits per heavy atom. The van der Waals surface area contributed by atoms with E-state index < -0.39 is 11.9 Å². The number of benzene rings is 1. The lowest BCUT2D eigenvalue weighted by molar-refractivity contribution is -0.142. The molecule has 1 aromatic carbocycles. The van der Waals surface area contributed by atoms with Crippen molar-refractivity contribution < 1.29 is 23.9 Å². The van der Waals surface area contributed by atoms with E-state index in [1.54, 1.807) is 24.3 Å². The van der Waals surface area contributed by atoms with Gasteiger partial charge in [0.15, 0.2) is 5.11 Å². The van der Waals surface area contributed by atoms with Crippen LogP contribution in [0.2, 0.25) is 0 Å². The number of rotatable bonds is 7. The molecule has 0 bridgehead atoms. The average Bonchev–Trinajstić information content (AvgIpc) is 3.18. The lowest BCUT2D eigenvalue weighted by atomic mass is 10.1. The largest absolute Gasteiger partial charge is 0.469 e. The molecule has 2 amide bonds. The molecule has 1 atom stereocenters. The number of nitrogens with one attached hydrogen (secondary N) is 3. The Hall–Kier alpha value is -2.52. The number of para-hydroxylation sites is 1. The molecule has 0 radical (unpaired) electrons. The quantitative estimate of drug-likeness (QED) is 0.474. The number of anilines is 1. The highest BCUT2D eigenvalue weighted by Gasteiger charge is 2.18. The van der Waals surface area contributed by atoms with E-state index in [2.05, 4.69) is 20.7 Å². The molecule has 0 spiro atoms. The van der Waals surface area contributed by atoms with E-state index in [1.807, 2.05) is 0 Å². The van der Waals surface area contributed by atoms with Crippen molar-refractivity contribution in [2.45, 2.75) is 31.8 Å². The number of ether oxygens (including phenoxy) is 2. The third kappa shape index (κ3) is 6.95. The van der Waals surface area contributed by atoms with Crippen molar-refractivity contribution in [2.24, 2.45) is 0 Å². The summed E-state index contributed by atoms with van der Waals surface area (Å²) in [6, 6.07) is 6.84. The predicted octanol–water partition coefficient (Wildman–Crippen LogP) is 1.36. The van der Waals surface area contributed by atoms with Crippen LogP contribution < -0.4 is 16.0 Å². The van der Waals surface area contributed by atoms with Crippen LogP contribution >= 0.6 is 12.2 Å². The highest BCUT2D eigenvalue weighted by Crippen LogP contribution is 2.16. The molecule has 0 aliphatic carbocycles. The summed E-state index contributed by atoms with van der Waals surface area (Å²) < 4.78 is 9.98. The van der Waals surface area contributed by atoms with Crippen LogP contribution in [-0.2, 0) is 19.1 Å². The van der Waals surface area contributed by atoms with Gasteiger partial charge in [-0.3, -0.25) is 14.4 Å². The number of hydrogen-bond acceptors (Lipinski definition) is 6. The zero-order chi connectivity index (χ0) is 19.6. The van der Waals surface area contributed by atoms with E-state index in [4.69, 9.17) is 17.0 Å². The molecular weight excluding hydrogens is 370 g/mol. The van der Waals surface area contributed by atoms with Crippen molar-refractivity contribution in [1.82, 2.24) is 10.6 Å². The zero-order valence-corrected chi connectivity index (χ0v) is 15.9. The monoisotopic (exact) mass is 393 g/mol. The second-order valence-electron chi connectivity index (χ2n) is 5.97. The Morgan fingerprint density at radius 1 is 1.26 bits per heavy atom. The van der Waals surface area contributed by atoms with Crippen LogP contribution in [0.3, 0.4) is 0 Å². The van der Waals surface area contributed by atoms with Gasteiger partial charge in [0, 0.05) is 19.6 Å². The van der Waals surface area contributed by atoms with E-state index in [1.165, 1.54) is 7.11 Å². The van der Waals surface area contributed by atoms with Gasteiger partial charge in [0.05, 0.1) is 30.9 Å². The second-order valence-corrected chi connectivity index (χ2v) is 6.38. The van der Waals surface area contributed by atoms with Gasteiger partial charge in [-0.1, -0.05) is 12.1 Å². The van der Waals surface area contributed by atoms with Crippen molar-refractivity contribution in [2.75, 3.05) is 25.6 Å².